The first-order valence-corrected chi connectivity index (χ1v) is 6.16. The van der Waals surface area contributed by atoms with Crippen LogP contribution in [0.15, 0.2) is 0 Å². The van der Waals surface area contributed by atoms with Crippen molar-refractivity contribution >= 4 is 19.5 Å². The Bertz CT molecular complexity index is 296. The van der Waals surface area contributed by atoms with Gasteiger partial charge in [0.25, 0.3) is 0 Å². The highest BCUT2D eigenvalue weighted by Gasteiger charge is 2.42. The highest BCUT2D eigenvalue weighted by atomic mass is 31.2. The van der Waals surface area contributed by atoms with Crippen LogP contribution in [0.1, 0.15) is 19.8 Å². The Kier molecular flexibility index (Phi) is 4.02. The highest BCUT2D eigenvalue weighted by Crippen LogP contribution is 2.55. The lowest BCUT2D eigenvalue weighted by Gasteiger charge is -2.26. The van der Waals surface area contributed by atoms with Crippen LogP contribution in [0.4, 0.5) is 0 Å². The van der Waals surface area contributed by atoms with E-state index < -0.39 is 25.2 Å². The molecule has 0 aromatic heterocycles. The van der Waals surface area contributed by atoms with Crippen LogP contribution < -0.4 is 0 Å². The molecular formula is C8H13O6P. The molecule has 1 atom stereocenters. The average molecular weight is 236 g/mol. The third-order valence-corrected chi connectivity index (χ3v) is 4.43. The Morgan fingerprint density at radius 1 is 1.40 bits per heavy atom. The molecule has 0 aromatic rings. The Morgan fingerprint density at radius 2 is 1.93 bits per heavy atom. The normalized spacial score (nSPS) is 22.3. The molecule has 15 heavy (non-hydrogen) atoms. The van der Waals surface area contributed by atoms with E-state index in [1.54, 1.807) is 6.92 Å². The molecule has 1 aliphatic rings. The minimum Gasteiger partial charge on any atom is -0.393 e. The third-order valence-electron chi connectivity index (χ3n) is 2.04. The minimum absolute atomic E-state index is 0.114. The first-order chi connectivity index (χ1) is 7.01. The highest BCUT2D eigenvalue weighted by molar-refractivity contribution is 7.54. The molecule has 0 N–H and O–H groups in total. The van der Waals surface area contributed by atoms with Crippen molar-refractivity contribution in [1.29, 1.82) is 0 Å². The van der Waals surface area contributed by atoms with Crippen LogP contribution in [0.5, 0.6) is 0 Å². The second kappa shape index (κ2) is 4.88. The van der Waals surface area contributed by atoms with Crippen LogP contribution in [-0.2, 0) is 27.9 Å². The number of hydrogen-bond acceptors (Lipinski definition) is 6. The van der Waals surface area contributed by atoms with Crippen molar-refractivity contribution < 1.29 is 27.9 Å². The molecule has 86 valence electrons. The number of esters is 2. The van der Waals surface area contributed by atoms with E-state index >= 15 is 0 Å². The summed E-state index contributed by atoms with van der Waals surface area (Å²) in [6, 6.07) is 0. The van der Waals surface area contributed by atoms with Crippen molar-refractivity contribution in [3.8, 4) is 0 Å². The Labute approximate surface area is 87.4 Å². The predicted octanol–water partition coefficient (Wildman–Crippen LogP) is 1.09. The largest absolute Gasteiger partial charge is 0.393 e. The van der Waals surface area contributed by atoms with Gasteiger partial charge in [-0.05, 0) is 6.92 Å². The molecule has 7 heteroatoms. The van der Waals surface area contributed by atoms with Gasteiger partial charge in [0.15, 0.2) is 0 Å². The van der Waals surface area contributed by atoms with Crippen molar-refractivity contribution in [2.24, 2.45) is 0 Å². The van der Waals surface area contributed by atoms with E-state index in [9.17, 15) is 14.2 Å². The van der Waals surface area contributed by atoms with Crippen LogP contribution in [-0.4, -0.2) is 31.3 Å². The maximum Gasteiger partial charge on any atom is 0.334 e. The lowest BCUT2D eigenvalue weighted by atomic mass is 10.2. The van der Waals surface area contributed by atoms with Crippen molar-refractivity contribution in [3.63, 3.8) is 0 Å². The van der Waals surface area contributed by atoms with Gasteiger partial charge in [0, 0.05) is 7.11 Å². The summed E-state index contributed by atoms with van der Waals surface area (Å²) in [6.45, 7) is 1.86. The van der Waals surface area contributed by atoms with Crippen LogP contribution in [0.3, 0.4) is 0 Å². The number of hydrogen-bond donors (Lipinski definition) is 0. The van der Waals surface area contributed by atoms with Crippen molar-refractivity contribution in [1.82, 2.24) is 0 Å². The van der Waals surface area contributed by atoms with Gasteiger partial charge in [-0.2, -0.15) is 0 Å². The van der Waals surface area contributed by atoms with Gasteiger partial charge in [0.05, 0.1) is 25.1 Å². The molecule has 0 aromatic carbocycles. The predicted molar refractivity (Wildman–Crippen MR) is 50.4 cm³/mol. The van der Waals surface area contributed by atoms with Gasteiger partial charge in [0.2, 0.25) is 0 Å². The fraction of sp³-hybridized carbons (Fsp3) is 0.750. The van der Waals surface area contributed by atoms with Crippen LogP contribution >= 0.6 is 7.60 Å². The molecule has 0 spiro atoms. The standard InChI is InChI=1S/C8H13O6P/c1-3-13-15(11,12-2)6-4-7(9)14-8(10)5-6/h6H,3-5H2,1-2H3. The van der Waals surface area contributed by atoms with Crippen molar-refractivity contribution in [3.05, 3.63) is 0 Å². The monoisotopic (exact) mass is 236 g/mol. The SMILES string of the molecule is CCOP(=O)(OC)C1CC(=O)OC(=O)C1. The first-order valence-electron chi connectivity index (χ1n) is 4.55. The van der Waals surface area contributed by atoms with Gasteiger partial charge in [-0.25, -0.2) is 0 Å². The van der Waals surface area contributed by atoms with E-state index in [1.165, 1.54) is 7.11 Å². The molecular weight excluding hydrogens is 223 g/mol. The van der Waals surface area contributed by atoms with Crippen molar-refractivity contribution in [2.75, 3.05) is 13.7 Å². The molecule has 0 aliphatic carbocycles. The van der Waals surface area contributed by atoms with Gasteiger partial charge in [-0.3, -0.25) is 14.2 Å². The molecule has 1 unspecified atom stereocenters. The van der Waals surface area contributed by atoms with Crippen LogP contribution in [0.25, 0.3) is 0 Å². The zero-order valence-corrected chi connectivity index (χ0v) is 9.49. The zero-order chi connectivity index (χ0) is 11.5. The molecule has 6 nitrogen and oxygen atoms in total. The summed E-state index contributed by atoms with van der Waals surface area (Å²) in [5.74, 6) is -1.37. The summed E-state index contributed by atoms with van der Waals surface area (Å²) in [4.78, 5) is 22.0. The van der Waals surface area contributed by atoms with Crippen LogP contribution in [0.2, 0.25) is 0 Å². The molecule has 1 fully saturated rings. The summed E-state index contributed by atoms with van der Waals surface area (Å²) in [7, 11) is -2.14. The van der Waals surface area contributed by atoms with E-state index in [2.05, 4.69) is 4.74 Å². The Hall–Kier alpha value is -0.710. The van der Waals surface area contributed by atoms with Gasteiger partial charge in [-0.15, -0.1) is 0 Å². The summed E-state index contributed by atoms with van der Waals surface area (Å²) >= 11 is 0. The molecule has 1 saturated heterocycles. The third kappa shape index (κ3) is 2.87. The summed E-state index contributed by atoms with van der Waals surface area (Å²) < 4.78 is 26.1. The van der Waals surface area contributed by atoms with Gasteiger partial charge < -0.3 is 13.8 Å². The number of ether oxygens (including phenoxy) is 1. The van der Waals surface area contributed by atoms with Gasteiger partial charge in [0.1, 0.15) is 0 Å². The van der Waals surface area contributed by atoms with Crippen LogP contribution in [0, 0.1) is 0 Å². The van der Waals surface area contributed by atoms with E-state index in [4.69, 9.17) is 9.05 Å². The van der Waals surface area contributed by atoms with Gasteiger partial charge in [-0.1, -0.05) is 0 Å². The van der Waals surface area contributed by atoms with Crippen molar-refractivity contribution in [2.45, 2.75) is 25.4 Å². The first kappa shape index (κ1) is 12.4. The zero-order valence-electron chi connectivity index (χ0n) is 8.60. The number of carbonyl (C=O) groups excluding carboxylic acids is 2. The fourth-order valence-electron chi connectivity index (χ4n) is 1.38. The number of carbonyl (C=O) groups is 2. The maximum absolute atomic E-state index is 12.0. The molecule has 1 heterocycles. The molecule has 0 amide bonds. The molecule has 0 saturated carbocycles. The second-order valence-electron chi connectivity index (χ2n) is 3.05. The Morgan fingerprint density at radius 3 is 2.33 bits per heavy atom. The lowest BCUT2D eigenvalue weighted by molar-refractivity contribution is -0.163. The fourth-order valence-corrected chi connectivity index (χ4v) is 3.10. The molecule has 1 aliphatic heterocycles. The maximum atomic E-state index is 12.0. The van der Waals surface area contributed by atoms with Gasteiger partial charge >= 0.3 is 19.5 Å². The van der Waals surface area contributed by atoms with E-state index in [1.807, 2.05) is 0 Å². The minimum atomic E-state index is -3.37. The smallest absolute Gasteiger partial charge is 0.334 e. The van der Waals surface area contributed by atoms with E-state index in [0.717, 1.165) is 0 Å². The summed E-state index contributed by atoms with van der Waals surface area (Å²) in [5, 5.41) is 0. The molecule has 1 rings (SSSR count). The Balaban J connectivity index is 2.80. The number of rotatable bonds is 4. The van der Waals surface area contributed by atoms with E-state index in [-0.39, 0.29) is 19.4 Å². The molecule has 0 bridgehead atoms. The average Bonchev–Trinajstić information content (AvgIpc) is 2.16. The molecule has 0 radical (unpaired) electrons. The lowest BCUT2D eigenvalue weighted by Crippen LogP contribution is -2.30. The number of cyclic esters (lactones) is 2. The van der Waals surface area contributed by atoms with E-state index in [0.29, 0.717) is 0 Å². The topological polar surface area (TPSA) is 78.9 Å². The summed E-state index contributed by atoms with van der Waals surface area (Å²) in [5.41, 5.74) is -0.726. The quantitative estimate of drug-likeness (QED) is 0.413. The second-order valence-corrected chi connectivity index (χ2v) is 5.48. The summed E-state index contributed by atoms with van der Waals surface area (Å²) in [6.07, 6.45) is -0.228.